The van der Waals surface area contributed by atoms with Gasteiger partial charge >= 0.3 is 5.97 Å². The molecular weight excluding hydrogens is 1130 g/mol. The van der Waals surface area contributed by atoms with Gasteiger partial charge in [0.1, 0.15) is 67.7 Å². The quantitative estimate of drug-likeness (QED) is 0.0670. The monoisotopic (exact) mass is 1200 g/mol. The minimum absolute atomic E-state index is 0.104. The Labute approximate surface area is 497 Å². The van der Waals surface area contributed by atoms with Gasteiger partial charge in [-0.05, 0) is 75.2 Å². The minimum Gasteiger partial charge on any atom is -0.478 e. The van der Waals surface area contributed by atoms with Gasteiger partial charge in [-0.3, -0.25) is 38.4 Å². The fraction of sp³-hybridized carbons (Fsp3) is 0.400. The van der Waals surface area contributed by atoms with Gasteiger partial charge < -0.3 is 76.8 Å². The third-order valence-corrected chi connectivity index (χ3v) is 16.8. The molecule has 4 aliphatic heterocycles. The van der Waals surface area contributed by atoms with E-state index in [0.29, 0.717) is 49.3 Å². The molecule has 25 nitrogen and oxygen atoms in total. The van der Waals surface area contributed by atoms with Crippen LogP contribution in [0.5, 0.6) is 0 Å². The predicted octanol–water partition coefficient (Wildman–Crippen LogP) is 0.00600. The van der Waals surface area contributed by atoms with Crippen molar-refractivity contribution in [3.05, 3.63) is 101 Å². The molecule has 8 amide bonds. The first-order valence-corrected chi connectivity index (χ1v) is 28.9. The van der Waals surface area contributed by atoms with Crippen LogP contribution in [0.1, 0.15) is 66.8 Å². The van der Waals surface area contributed by atoms with E-state index in [9.17, 15) is 63.6 Å². The highest BCUT2D eigenvalue weighted by molar-refractivity contribution is 7.99. The average Bonchev–Trinajstić information content (AvgIpc) is 1.00. The number of aromatic amines is 1. The number of nitrogens with one attached hydrogen (secondary N) is 8. The summed E-state index contributed by atoms with van der Waals surface area (Å²) < 4.78 is 8.34. The molecule has 3 aromatic carbocycles. The van der Waals surface area contributed by atoms with Gasteiger partial charge in [-0.1, -0.05) is 24.3 Å². The standard InChI is InChI=1S/C60H69N11O14S/c1-28-50(74)64-42-23-39-35-11-9-10-12-41(35)67-57(39)86-26-44(58(81)71-25-34(73)22-45(71)55(79)63-28)66-56(80)49(30(3)72)68-51(75)29(2)62-54(78)43(65-53(42)77)24-60(4,84)27-61-52(76)31-13-16-36(40(19-31)59(82)83)48-37-17-14-32(69(5)6)20-46(37)85-47-21-33(70(7)8)15-18-38(47)48/h9-21,28-30,34,42-45,49,67,72-73,84H,22-27H2,1-8H3,(H7-,61,62,63,64,65,66,68,74,75,76,77,78,79,80,82,83)/p+1. The molecule has 5 aliphatic rings. The van der Waals surface area contributed by atoms with Crippen molar-refractivity contribution in [3.8, 4) is 22.5 Å². The number of aromatic nitrogens is 1. The first kappa shape index (κ1) is 61.7. The summed E-state index contributed by atoms with van der Waals surface area (Å²) >= 11 is 1.05. The molecule has 10 unspecified atom stereocenters. The highest BCUT2D eigenvalue weighted by Gasteiger charge is 2.44. The molecule has 12 N–H and O–H groups in total. The van der Waals surface area contributed by atoms with Crippen LogP contribution in [0.25, 0.3) is 44.3 Å². The molecule has 4 aromatic rings. The Balaban J connectivity index is 1.05. The number of carboxylic acids is 1. The number of aromatic carboxylic acids is 1. The van der Waals surface area contributed by atoms with Crippen molar-refractivity contribution in [2.75, 3.05) is 51.9 Å². The summed E-state index contributed by atoms with van der Waals surface area (Å²) in [5.41, 5.74) is 1.39. The number of thioether (sulfide) groups is 1. The minimum atomic E-state index is -2.08. The zero-order chi connectivity index (χ0) is 62.2. The summed E-state index contributed by atoms with van der Waals surface area (Å²) in [6.45, 7) is 4.16. The summed E-state index contributed by atoms with van der Waals surface area (Å²) in [6, 6.07) is 11.6. The number of hydrogen-bond acceptors (Lipinski definition) is 15. The summed E-state index contributed by atoms with van der Waals surface area (Å²) in [5, 5.41) is 65.1. The number of carbonyl (C=O) groups excluding carboxylic acids is 8. The third-order valence-electron chi connectivity index (χ3n) is 15.7. The Morgan fingerprint density at radius 3 is 2.20 bits per heavy atom. The van der Waals surface area contributed by atoms with E-state index in [1.165, 1.54) is 45.9 Å². The van der Waals surface area contributed by atoms with Crippen LogP contribution in [-0.4, -0.2) is 191 Å². The predicted molar refractivity (Wildman–Crippen MR) is 318 cm³/mol. The SMILES string of the molecule is CC1NC(=O)C(CC(C)(O)CNC(=O)c2ccc(-c3c4ccc(=[N+](C)C)cc-4oc4cc(N(C)C)ccc34)c(C(=O)O)c2)NC(=O)C2Cc3c([nH]c4ccccc34)SCC(NC(=O)C(C(C)O)NC1=O)C(=O)N1CC(O)CC1C(=O)NC(C)C(=O)N2. The average molecular weight is 1200 g/mol. The molecule has 0 saturated carbocycles. The number of aliphatic hydroxyl groups is 3. The Morgan fingerprint density at radius 1 is 0.814 bits per heavy atom. The second-order valence-electron chi connectivity index (χ2n) is 22.8. The number of carboxylic acid groups (broad SMARTS) is 1. The summed E-state index contributed by atoms with van der Waals surface area (Å²) in [7, 11) is 7.52. The number of nitrogens with zero attached hydrogens (tertiary/aromatic N) is 3. The van der Waals surface area contributed by atoms with Crippen molar-refractivity contribution in [2.45, 2.75) is 112 Å². The van der Waals surface area contributed by atoms with Crippen LogP contribution in [0.4, 0.5) is 5.69 Å². The van der Waals surface area contributed by atoms with Gasteiger partial charge in [0.05, 0.1) is 34.5 Å². The molecule has 1 fully saturated rings. The summed E-state index contributed by atoms with van der Waals surface area (Å²) in [5.74, 6) is -8.42. The van der Waals surface area contributed by atoms with Gasteiger partial charge in [0, 0.05) is 103 Å². The highest BCUT2D eigenvalue weighted by Crippen LogP contribution is 2.42. The number of para-hydroxylation sites is 1. The molecule has 5 heterocycles. The lowest BCUT2D eigenvalue weighted by atomic mass is 9.89. The largest absolute Gasteiger partial charge is 0.478 e. The fourth-order valence-electron chi connectivity index (χ4n) is 10.9. The van der Waals surface area contributed by atoms with E-state index < -0.39 is 126 Å². The number of carbonyl (C=O) groups is 9. The van der Waals surface area contributed by atoms with Crippen molar-refractivity contribution in [2.24, 2.45) is 0 Å². The summed E-state index contributed by atoms with van der Waals surface area (Å²) in [6.07, 6.45) is -3.93. The summed E-state index contributed by atoms with van der Waals surface area (Å²) in [4.78, 5) is 134. The third kappa shape index (κ3) is 13.2. The van der Waals surface area contributed by atoms with E-state index in [2.05, 4.69) is 42.2 Å². The maximum absolute atomic E-state index is 15.0. The van der Waals surface area contributed by atoms with Crippen LogP contribution >= 0.6 is 11.8 Å². The van der Waals surface area contributed by atoms with E-state index >= 15 is 0 Å². The molecule has 2 bridgehead atoms. The van der Waals surface area contributed by atoms with Gasteiger partial charge in [-0.25, -0.2) is 9.37 Å². The van der Waals surface area contributed by atoms with Gasteiger partial charge in [-0.2, -0.15) is 0 Å². The fourth-order valence-corrected chi connectivity index (χ4v) is 12.0. The van der Waals surface area contributed by atoms with E-state index in [1.54, 1.807) is 24.3 Å². The molecule has 26 heteroatoms. The molecular formula is C60H70N11O14S+. The second-order valence-corrected chi connectivity index (χ2v) is 23.9. The molecule has 9 rings (SSSR count). The van der Waals surface area contributed by atoms with Crippen LogP contribution in [-0.2, 0) is 40.0 Å². The molecule has 0 radical (unpaired) electrons. The maximum Gasteiger partial charge on any atom is 0.336 e. The number of rotatable bonds is 9. The molecule has 1 saturated heterocycles. The molecule has 10 atom stereocenters. The Kier molecular flexibility index (Phi) is 17.9. The number of aliphatic hydroxyl groups excluding tert-OH is 2. The zero-order valence-electron chi connectivity index (χ0n) is 48.6. The Hall–Kier alpha value is -8.85. The second kappa shape index (κ2) is 25.0. The zero-order valence-corrected chi connectivity index (χ0v) is 49.4. The van der Waals surface area contributed by atoms with Crippen molar-refractivity contribution in [1.29, 1.82) is 0 Å². The Bertz CT molecular complexity index is 3760. The van der Waals surface area contributed by atoms with E-state index in [-0.39, 0.29) is 41.8 Å². The smallest absolute Gasteiger partial charge is 0.336 e. The first-order valence-electron chi connectivity index (χ1n) is 28.0. The topological polar surface area (TPSA) is 357 Å². The molecule has 1 aromatic heterocycles. The lowest BCUT2D eigenvalue weighted by Crippen LogP contribution is -2.62. The van der Waals surface area contributed by atoms with Crippen LogP contribution < -0.4 is 52.1 Å². The molecule has 454 valence electrons. The first-order chi connectivity index (χ1) is 40.7. The van der Waals surface area contributed by atoms with Crippen molar-refractivity contribution >= 4 is 92.5 Å². The molecule has 1 aliphatic carbocycles. The van der Waals surface area contributed by atoms with Crippen molar-refractivity contribution in [1.82, 2.24) is 51.7 Å². The van der Waals surface area contributed by atoms with Crippen LogP contribution in [0.3, 0.4) is 0 Å². The normalized spacial score (nSPS) is 23.8. The van der Waals surface area contributed by atoms with Gasteiger partial charge in [-0.15, -0.1) is 11.8 Å². The van der Waals surface area contributed by atoms with Gasteiger partial charge in [0.15, 0.2) is 0 Å². The molecule has 0 spiro atoms. The number of hydrogen-bond donors (Lipinski definition) is 12. The Morgan fingerprint density at radius 2 is 1.50 bits per heavy atom. The van der Waals surface area contributed by atoms with Crippen molar-refractivity contribution < 1.29 is 68.0 Å². The van der Waals surface area contributed by atoms with E-state index in [1.807, 2.05) is 74.1 Å². The number of anilines is 1. The highest BCUT2D eigenvalue weighted by atomic mass is 32.2. The van der Waals surface area contributed by atoms with Crippen LogP contribution in [0.15, 0.2) is 88.3 Å². The van der Waals surface area contributed by atoms with Crippen LogP contribution in [0, 0.1) is 0 Å². The number of benzene rings is 4. The van der Waals surface area contributed by atoms with Crippen LogP contribution in [0.2, 0.25) is 0 Å². The van der Waals surface area contributed by atoms with Gasteiger partial charge in [0.2, 0.25) is 46.7 Å². The maximum atomic E-state index is 15.0. The van der Waals surface area contributed by atoms with Crippen molar-refractivity contribution in [3.63, 3.8) is 0 Å². The number of fused-ring (bicyclic) bond motifs is 7. The number of H-pyrrole nitrogens is 1. The lowest BCUT2D eigenvalue weighted by molar-refractivity contribution is -0.142. The van der Waals surface area contributed by atoms with Gasteiger partial charge in [0.25, 0.3) is 5.91 Å². The molecule has 86 heavy (non-hydrogen) atoms. The lowest BCUT2D eigenvalue weighted by Gasteiger charge is -2.31. The van der Waals surface area contributed by atoms with E-state index in [0.717, 1.165) is 27.7 Å². The number of amides is 8. The van der Waals surface area contributed by atoms with E-state index in [4.69, 9.17) is 4.42 Å².